The molecule has 2 saturated carbocycles. The van der Waals surface area contributed by atoms with Crippen LogP contribution in [0.3, 0.4) is 0 Å². The normalized spacial score (nSPS) is 19.9. The van der Waals surface area contributed by atoms with Crippen molar-refractivity contribution in [1.82, 2.24) is 20.1 Å². The molecule has 1 atom stereocenters. The summed E-state index contributed by atoms with van der Waals surface area (Å²) in [6, 6.07) is 0.314. The molecule has 1 N–H and O–H groups in total. The Bertz CT molecular complexity index is 493. The largest absolute Gasteiger partial charge is 0.353 e. The van der Waals surface area contributed by atoms with Gasteiger partial charge in [0.1, 0.15) is 5.82 Å². The molecule has 5 nitrogen and oxygen atoms in total. The number of nitrogens with one attached hydrogen (secondary N) is 1. The molecule has 0 radical (unpaired) electrons. The topological polar surface area (TPSA) is 59.8 Å². The number of thioether (sulfide) groups is 1. The van der Waals surface area contributed by atoms with E-state index in [0.29, 0.717) is 23.6 Å². The molecule has 0 unspecified atom stereocenters. The van der Waals surface area contributed by atoms with Crippen LogP contribution < -0.4 is 5.32 Å². The maximum atomic E-state index is 11.9. The Kier molecular flexibility index (Phi) is 4.01. The van der Waals surface area contributed by atoms with Crippen LogP contribution in [0.5, 0.6) is 0 Å². The molecule has 2 fully saturated rings. The number of carbonyl (C=O) groups excluding carboxylic acids is 1. The lowest BCUT2D eigenvalue weighted by Gasteiger charge is -2.12. The van der Waals surface area contributed by atoms with E-state index in [2.05, 4.69) is 33.9 Å². The number of aromatic nitrogens is 3. The molecule has 0 saturated heterocycles. The molecule has 0 aliphatic heterocycles. The molecule has 110 valence electrons. The van der Waals surface area contributed by atoms with Crippen LogP contribution in [0.15, 0.2) is 5.16 Å². The molecule has 20 heavy (non-hydrogen) atoms. The highest BCUT2D eigenvalue weighted by molar-refractivity contribution is 7.99. The fraction of sp³-hybridized carbons (Fsp3) is 0.786. The summed E-state index contributed by atoms with van der Waals surface area (Å²) in [5.41, 5.74) is 0. The lowest BCUT2D eigenvalue weighted by Crippen LogP contribution is -2.35. The van der Waals surface area contributed by atoms with Gasteiger partial charge in [-0.1, -0.05) is 11.8 Å². The molecule has 1 heterocycles. The van der Waals surface area contributed by atoms with Gasteiger partial charge in [0.25, 0.3) is 0 Å². The van der Waals surface area contributed by atoms with Gasteiger partial charge in [-0.25, -0.2) is 0 Å². The van der Waals surface area contributed by atoms with E-state index in [-0.39, 0.29) is 5.91 Å². The van der Waals surface area contributed by atoms with Crippen LogP contribution in [0, 0.1) is 5.92 Å². The molecular weight excluding hydrogens is 272 g/mol. The van der Waals surface area contributed by atoms with Gasteiger partial charge in [-0.15, -0.1) is 10.2 Å². The van der Waals surface area contributed by atoms with Crippen molar-refractivity contribution >= 4 is 17.7 Å². The van der Waals surface area contributed by atoms with Crippen LogP contribution in [0.2, 0.25) is 0 Å². The van der Waals surface area contributed by atoms with E-state index in [4.69, 9.17) is 0 Å². The van der Waals surface area contributed by atoms with Crippen molar-refractivity contribution in [2.24, 2.45) is 5.92 Å². The van der Waals surface area contributed by atoms with E-state index >= 15 is 0 Å². The van der Waals surface area contributed by atoms with Gasteiger partial charge >= 0.3 is 0 Å². The van der Waals surface area contributed by atoms with Crippen molar-refractivity contribution in [3.05, 3.63) is 5.82 Å². The third-order valence-corrected chi connectivity index (χ3v) is 5.02. The van der Waals surface area contributed by atoms with Crippen molar-refractivity contribution in [2.45, 2.75) is 63.2 Å². The minimum atomic E-state index is 0.105. The second-order valence-electron chi connectivity index (χ2n) is 5.84. The van der Waals surface area contributed by atoms with Gasteiger partial charge in [-0.3, -0.25) is 4.79 Å². The molecule has 0 aromatic carbocycles. The van der Waals surface area contributed by atoms with Crippen molar-refractivity contribution in [2.75, 3.05) is 5.75 Å². The average molecular weight is 294 g/mol. The number of amides is 1. The minimum absolute atomic E-state index is 0.105. The Hall–Kier alpha value is -1.04. The predicted molar refractivity (Wildman–Crippen MR) is 78.7 cm³/mol. The van der Waals surface area contributed by atoms with Crippen LogP contribution in [-0.4, -0.2) is 32.5 Å². The third kappa shape index (κ3) is 3.16. The number of nitrogens with zero attached hydrogens (tertiary/aromatic N) is 3. The second kappa shape index (κ2) is 5.76. The molecule has 3 rings (SSSR count). The molecule has 1 aromatic rings. The van der Waals surface area contributed by atoms with Gasteiger partial charge in [0.2, 0.25) is 5.91 Å². The molecular formula is C14H22N4OS. The van der Waals surface area contributed by atoms with E-state index in [9.17, 15) is 4.79 Å². The first-order chi connectivity index (χ1) is 9.69. The summed E-state index contributed by atoms with van der Waals surface area (Å²) in [4.78, 5) is 11.9. The summed E-state index contributed by atoms with van der Waals surface area (Å²) < 4.78 is 2.15. The van der Waals surface area contributed by atoms with Crippen molar-refractivity contribution < 1.29 is 4.79 Å². The van der Waals surface area contributed by atoms with E-state index in [1.807, 2.05) is 0 Å². The first-order valence-electron chi connectivity index (χ1n) is 7.54. The highest BCUT2D eigenvalue weighted by Gasteiger charge is 2.31. The quantitative estimate of drug-likeness (QED) is 0.783. The maximum absolute atomic E-state index is 11.9. The van der Waals surface area contributed by atoms with E-state index < -0.39 is 0 Å². The highest BCUT2D eigenvalue weighted by atomic mass is 32.2. The van der Waals surface area contributed by atoms with E-state index in [1.54, 1.807) is 0 Å². The standard InChI is InChI=1S/C14H22N4OS/c1-3-18-13(11-6-7-11)16-17-14(18)20-8-12(19)15-9(2)10-4-5-10/h9-11H,3-8H2,1-2H3,(H,15,19)/t9-/m1/s1. The van der Waals surface area contributed by atoms with Crippen LogP contribution in [0.1, 0.15) is 51.3 Å². The van der Waals surface area contributed by atoms with Crippen LogP contribution in [0.4, 0.5) is 0 Å². The van der Waals surface area contributed by atoms with Gasteiger partial charge in [0.05, 0.1) is 5.75 Å². The monoisotopic (exact) mass is 294 g/mol. The summed E-state index contributed by atoms with van der Waals surface area (Å²) >= 11 is 1.50. The number of rotatable bonds is 7. The Labute approximate surface area is 123 Å². The lowest BCUT2D eigenvalue weighted by atomic mass is 10.2. The van der Waals surface area contributed by atoms with Gasteiger partial charge in [-0.2, -0.15) is 0 Å². The molecule has 2 aliphatic carbocycles. The molecule has 1 aromatic heterocycles. The summed E-state index contributed by atoms with van der Waals surface area (Å²) in [5, 5.41) is 12.5. The maximum Gasteiger partial charge on any atom is 0.230 e. The minimum Gasteiger partial charge on any atom is -0.353 e. The Morgan fingerprint density at radius 2 is 2.15 bits per heavy atom. The molecule has 0 bridgehead atoms. The Morgan fingerprint density at radius 1 is 1.40 bits per heavy atom. The number of carbonyl (C=O) groups is 1. The molecule has 0 spiro atoms. The van der Waals surface area contributed by atoms with Gasteiger partial charge in [0.15, 0.2) is 5.16 Å². The van der Waals surface area contributed by atoms with E-state index in [0.717, 1.165) is 17.5 Å². The molecule has 2 aliphatic rings. The number of hydrogen-bond acceptors (Lipinski definition) is 4. The summed E-state index contributed by atoms with van der Waals surface area (Å²) in [6.45, 7) is 5.08. The van der Waals surface area contributed by atoms with Crippen LogP contribution in [-0.2, 0) is 11.3 Å². The molecule has 6 heteroatoms. The van der Waals surface area contributed by atoms with Gasteiger partial charge in [-0.05, 0) is 45.4 Å². The predicted octanol–water partition coefficient (Wildman–Crippen LogP) is 2.18. The van der Waals surface area contributed by atoms with Crippen molar-refractivity contribution in [3.8, 4) is 0 Å². The molecule has 1 amide bonds. The summed E-state index contributed by atoms with van der Waals surface area (Å²) in [5.74, 6) is 2.93. The fourth-order valence-corrected chi connectivity index (χ4v) is 3.31. The van der Waals surface area contributed by atoms with Crippen molar-refractivity contribution in [1.29, 1.82) is 0 Å². The summed E-state index contributed by atoms with van der Waals surface area (Å²) in [6.07, 6.45) is 4.96. The van der Waals surface area contributed by atoms with Crippen molar-refractivity contribution in [3.63, 3.8) is 0 Å². The first kappa shape index (κ1) is 13.9. The first-order valence-corrected chi connectivity index (χ1v) is 8.52. The lowest BCUT2D eigenvalue weighted by molar-refractivity contribution is -0.119. The Balaban J connectivity index is 1.53. The third-order valence-electron chi connectivity index (χ3n) is 4.05. The van der Waals surface area contributed by atoms with E-state index in [1.165, 1.54) is 37.4 Å². The number of hydrogen-bond donors (Lipinski definition) is 1. The SMILES string of the molecule is CCn1c(SCC(=O)N[C@H](C)C2CC2)nnc1C1CC1. The van der Waals surface area contributed by atoms with Crippen LogP contribution in [0.25, 0.3) is 0 Å². The van der Waals surface area contributed by atoms with Gasteiger partial charge in [0, 0.05) is 18.5 Å². The Morgan fingerprint density at radius 3 is 2.75 bits per heavy atom. The smallest absolute Gasteiger partial charge is 0.230 e. The highest BCUT2D eigenvalue weighted by Crippen LogP contribution is 2.40. The zero-order valence-electron chi connectivity index (χ0n) is 12.1. The van der Waals surface area contributed by atoms with Crippen LogP contribution >= 0.6 is 11.8 Å². The zero-order valence-corrected chi connectivity index (χ0v) is 12.9. The fourth-order valence-electron chi connectivity index (χ4n) is 2.49. The average Bonchev–Trinajstić information content (AvgIpc) is 3.31. The second-order valence-corrected chi connectivity index (χ2v) is 6.78. The zero-order chi connectivity index (χ0) is 14.1. The summed E-state index contributed by atoms with van der Waals surface area (Å²) in [7, 11) is 0. The van der Waals surface area contributed by atoms with Gasteiger partial charge < -0.3 is 9.88 Å².